The Hall–Kier alpha value is -4.55. The van der Waals surface area contributed by atoms with E-state index in [4.69, 9.17) is 8.83 Å². The maximum atomic E-state index is 13.9. The first-order valence-electron chi connectivity index (χ1n) is 10.7. The maximum Gasteiger partial charge on any atom is 0.437 e. The first-order chi connectivity index (χ1) is 17.3. The minimum atomic E-state index is -4.97. The molecule has 1 atom stereocenters. The van der Waals surface area contributed by atoms with Gasteiger partial charge in [0.05, 0.1) is 12.0 Å². The number of nitrogens with zero attached hydrogens (tertiary/aromatic N) is 5. The average Bonchev–Trinajstić information content (AvgIpc) is 3.60. The molecule has 0 radical (unpaired) electrons. The second kappa shape index (κ2) is 8.00. The zero-order chi connectivity index (χ0) is 25.0. The molecule has 9 nitrogen and oxygen atoms in total. The highest BCUT2D eigenvalue weighted by atomic mass is 19.4. The summed E-state index contributed by atoms with van der Waals surface area (Å²) >= 11 is 0. The summed E-state index contributed by atoms with van der Waals surface area (Å²) in [4.78, 5) is 33.7. The molecule has 1 amide bonds. The summed E-state index contributed by atoms with van der Waals surface area (Å²) in [5.74, 6) is -3.09. The lowest BCUT2D eigenvalue weighted by Crippen LogP contribution is -2.41. The molecule has 4 aromatic heterocycles. The number of nitrogens with one attached hydrogen (secondary N) is 1. The van der Waals surface area contributed by atoms with Crippen molar-refractivity contribution in [3.05, 3.63) is 83.5 Å². The predicted molar refractivity (Wildman–Crippen MR) is 114 cm³/mol. The molecule has 13 heteroatoms. The molecule has 1 N–H and O–H groups in total. The van der Waals surface area contributed by atoms with Crippen molar-refractivity contribution in [1.29, 1.82) is 0 Å². The van der Waals surface area contributed by atoms with E-state index < -0.39 is 41.3 Å². The third kappa shape index (κ3) is 3.59. The number of carbonyl (C=O) groups excluding carboxylic acids is 1. The van der Waals surface area contributed by atoms with E-state index in [0.29, 0.717) is 11.4 Å². The Morgan fingerprint density at radius 1 is 1.11 bits per heavy atom. The molecule has 0 spiro atoms. The molecule has 1 aliphatic heterocycles. The summed E-state index contributed by atoms with van der Waals surface area (Å²) in [6.07, 6.45) is -1.92. The first-order valence-corrected chi connectivity index (χ1v) is 10.7. The van der Waals surface area contributed by atoms with Crippen molar-refractivity contribution in [2.24, 2.45) is 0 Å². The van der Waals surface area contributed by atoms with Crippen molar-refractivity contribution < 1.29 is 31.2 Å². The number of carbonyl (C=O) groups is 1. The Morgan fingerprint density at radius 3 is 2.75 bits per heavy atom. The standard InChI is InChI=1S/C23H14F4N6O3/c24-11-4-5-15-14(9-11)31-21(35-15)17-16-12(29-10-30-16)6-8-33(17)22(34)18-19(23(25,26)27)32-20(36-18)13-3-1-2-7-28-13/h1-5,7,9-10,17H,6,8H2,(H,29,30)/t17-/m0/s1. The van der Waals surface area contributed by atoms with E-state index >= 15 is 0 Å². The van der Waals surface area contributed by atoms with Crippen molar-refractivity contribution in [2.75, 3.05) is 6.54 Å². The van der Waals surface area contributed by atoms with Gasteiger partial charge in [0.15, 0.2) is 17.3 Å². The number of pyridine rings is 1. The summed E-state index contributed by atoms with van der Waals surface area (Å²) in [5.41, 5.74) is 0.00906. The molecule has 0 aliphatic carbocycles. The SMILES string of the molecule is O=C(c1oc(-c2ccccn2)nc1C(F)(F)F)N1CCc2[nH]cnc2[C@H]1c1nc2cc(F)ccc2o1. The number of aromatic nitrogens is 5. The van der Waals surface area contributed by atoms with Gasteiger partial charge in [-0.1, -0.05) is 6.07 Å². The number of hydrogen-bond acceptors (Lipinski definition) is 7. The number of rotatable bonds is 3. The highest BCUT2D eigenvalue weighted by molar-refractivity contribution is 5.94. The number of imidazole rings is 1. The molecule has 1 aromatic carbocycles. The van der Waals surface area contributed by atoms with Gasteiger partial charge in [-0.3, -0.25) is 9.78 Å². The minimum absolute atomic E-state index is 0.00268. The summed E-state index contributed by atoms with van der Waals surface area (Å²) in [5, 5.41) is 0. The number of oxazole rings is 2. The van der Waals surface area contributed by atoms with Gasteiger partial charge < -0.3 is 18.7 Å². The lowest BCUT2D eigenvalue weighted by atomic mass is 10.0. The highest BCUT2D eigenvalue weighted by Crippen LogP contribution is 2.39. The van der Waals surface area contributed by atoms with Crippen LogP contribution in [-0.4, -0.2) is 42.3 Å². The Morgan fingerprint density at radius 2 is 1.97 bits per heavy atom. The number of halogens is 4. The van der Waals surface area contributed by atoms with Crippen LogP contribution >= 0.6 is 0 Å². The summed E-state index contributed by atoms with van der Waals surface area (Å²) in [6, 6.07) is 7.17. The number of amides is 1. The van der Waals surface area contributed by atoms with Gasteiger partial charge in [-0.05, 0) is 24.3 Å². The van der Waals surface area contributed by atoms with Gasteiger partial charge in [0, 0.05) is 30.9 Å². The molecule has 6 rings (SSSR count). The maximum absolute atomic E-state index is 13.9. The Kier molecular flexibility index (Phi) is 4.88. The molecular formula is C23H14F4N6O3. The number of H-pyrrole nitrogens is 1. The van der Waals surface area contributed by atoms with Crippen molar-refractivity contribution in [1.82, 2.24) is 29.8 Å². The highest BCUT2D eigenvalue weighted by Gasteiger charge is 2.45. The Labute approximate surface area is 198 Å². The number of alkyl halides is 3. The molecule has 0 bridgehead atoms. The van der Waals surface area contributed by atoms with Gasteiger partial charge in [0.1, 0.15) is 17.0 Å². The molecular weight excluding hydrogens is 484 g/mol. The molecule has 182 valence electrons. The number of benzene rings is 1. The van der Waals surface area contributed by atoms with Crippen molar-refractivity contribution in [3.8, 4) is 11.6 Å². The number of hydrogen-bond donors (Lipinski definition) is 1. The van der Waals surface area contributed by atoms with E-state index in [1.54, 1.807) is 12.1 Å². The zero-order valence-electron chi connectivity index (χ0n) is 18.1. The molecule has 1 aliphatic rings. The predicted octanol–water partition coefficient (Wildman–Crippen LogP) is 4.55. The molecule has 0 saturated carbocycles. The number of aromatic amines is 1. The van der Waals surface area contributed by atoms with Crippen molar-refractivity contribution >= 4 is 17.0 Å². The third-order valence-electron chi connectivity index (χ3n) is 5.76. The van der Waals surface area contributed by atoms with Gasteiger partial charge in [-0.2, -0.15) is 13.2 Å². The first kappa shape index (κ1) is 21.9. The quantitative estimate of drug-likeness (QED) is 0.363. The van der Waals surface area contributed by atoms with E-state index in [1.807, 2.05) is 0 Å². The molecule has 0 saturated heterocycles. The third-order valence-corrected chi connectivity index (χ3v) is 5.76. The van der Waals surface area contributed by atoms with Crippen LogP contribution in [0.3, 0.4) is 0 Å². The van der Waals surface area contributed by atoms with Crippen LogP contribution in [-0.2, 0) is 12.6 Å². The topological polar surface area (TPSA) is 114 Å². The minimum Gasteiger partial charge on any atom is -0.438 e. The molecule has 5 aromatic rings. The summed E-state index contributed by atoms with van der Waals surface area (Å²) in [6.45, 7) is 0.00268. The molecule has 36 heavy (non-hydrogen) atoms. The Bertz CT molecular complexity index is 1590. The van der Waals surface area contributed by atoms with E-state index in [1.165, 1.54) is 30.7 Å². The van der Waals surface area contributed by atoms with Crippen LogP contribution in [0, 0.1) is 5.82 Å². The fraction of sp³-hybridized carbons (Fsp3) is 0.174. The van der Waals surface area contributed by atoms with Crippen LogP contribution in [0.25, 0.3) is 22.7 Å². The van der Waals surface area contributed by atoms with Crippen LogP contribution in [0.1, 0.15) is 39.6 Å². The van der Waals surface area contributed by atoms with E-state index in [-0.39, 0.29) is 35.6 Å². The van der Waals surface area contributed by atoms with Crippen LogP contribution in [0.15, 0.2) is 57.8 Å². The fourth-order valence-corrected chi connectivity index (χ4v) is 4.17. The normalized spacial score (nSPS) is 15.9. The van der Waals surface area contributed by atoms with Gasteiger partial charge in [-0.25, -0.2) is 19.3 Å². The second-order valence-electron chi connectivity index (χ2n) is 7.99. The molecule has 5 heterocycles. The van der Waals surface area contributed by atoms with Crippen LogP contribution in [0.4, 0.5) is 17.6 Å². The smallest absolute Gasteiger partial charge is 0.437 e. The van der Waals surface area contributed by atoms with Crippen LogP contribution in [0.5, 0.6) is 0 Å². The Balaban J connectivity index is 1.47. The second-order valence-corrected chi connectivity index (χ2v) is 7.99. The zero-order valence-corrected chi connectivity index (χ0v) is 18.1. The van der Waals surface area contributed by atoms with Crippen molar-refractivity contribution in [3.63, 3.8) is 0 Å². The summed E-state index contributed by atoms with van der Waals surface area (Å²) in [7, 11) is 0. The summed E-state index contributed by atoms with van der Waals surface area (Å²) < 4.78 is 66.5. The largest absolute Gasteiger partial charge is 0.438 e. The fourth-order valence-electron chi connectivity index (χ4n) is 4.17. The average molecular weight is 498 g/mol. The van der Waals surface area contributed by atoms with Crippen molar-refractivity contribution in [2.45, 2.75) is 18.6 Å². The lowest BCUT2D eigenvalue weighted by molar-refractivity contribution is -0.141. The monoisotopic (exact) mass is 498 g/mol. The van der Waals surface area contributed by atoms with Gasteiger partial charge in [-0.15, -0.1) is 0 Å². The van der Waals surface area contributed by atoms with Gasteiger partial charge >= 0.3 is 6.18 Å². The van der Waals surface area contributed by atoms with Gasteiger partial charge in [0.25, 0.3) is 5.91 Å². The van der Waals surface area contributed by atoms with E-state index in [9.17, 15) is 22.4 Å². The molecule has 0 unspecified atom stereocenters. The van der Waals surface area contributed by atoms with Crippen LogP contribution < -0.4 is 0 Å². The van der Waals surface area contributed by atoms with E-state index in [0.717, 1.165) is 11.0 Å². The molecule has 0 fully saturated rings. The van der Waals surface area contributed by atoms with Crippen LogP contribution in [0.2, 0.25) is 0 Å². The van der Waals surface area contributed by atoms with E-state index in [2.05, 4.69) is 24.9 Å². The van der Waals surface area contributed by atoms with Gasteiger partial charge in [0.2, 0.25) is 17.5 Å². The lowest BCUT2D eigenvalue weighted by Gasteiger charge is -2.32. The number of fused-ring (bicyclic) bond motifs is 2.